The van der Waals surface area contributed by atoms with Gasteiger partial charge in [-0.25, -0.2) is 0 Å². The number of pyridine rings is 1. The third-order valence-corrected chi connectivity index (χ3v) is 15.1. The van der Waals surface area contributed by atoms with E-state index in [2.05, 4.69) is 93.0 Å². The zero-order chi connectivity index (χ0) is 51.5. The summed E-state index contributed by atoms with van der Waals surface area (Å²) in [5, 5.41) is 23.2. The van der Waals surface area contributed by atoms with Gasteiger partial charge in [-0.1, -0.05) is 91.0 Å². The summed E-state index contributed by atoms with van der Waals surface area (Å²) in [6, 6.07) is 47.5. The van der Waals surface area contributed by atoms with Crippen molar-refractivity contribution in [2.45, 2.75) is 77.1 Å². The van der Waals surface area contributed by atoms with Gasteiger partial charge in [-0.15, -0.1) is 0 Å². The number of aliphatic hydroxyl groups excluding tert-OH is 1. The van der Waals surface area contributed by atoms with Crippen LogP contribution in [0.5, 0.6) is 11.8 Å². The standard InChI is InChI=1S/C41H42N4O3.C20H26N4O3/c1-44-38-27-35(45-24-21-31(22-25-45)23-26-46-28-32-11-5-2-6-12-32)17-18-36(38)40(43-44)37-19-20-39(47-29-33-13-7-3-8-14-33)42-41(37)48-30-34-15-9-4-10-16-34;1-23-17-12-14(24-9-6-13(7-10-24)8-11-25)2-3-15(17)19(22-23)16-4-5-18(26)21-20(16)27/h2-20,27,31H,21-26,28-30H2,1H3;2-3,12-13,16,25H,4-11H2,1H3,(H,21,26,27). The fraction of sp³-hybridized carbons (Fsp3) is 0.361. The molecule has 3 aromatic heterocycles. The number of carbonyl (C=O) groups is 2. The first-order valence-electron chi connectivity index (χ1n) is 26.6. The van der Waals surface area contributed by atoms with Crippen molar-refractivity contribution < 1.29 is 28.9 Å². The number of fused-ring (bicyclic) bond motifs is 2. The van der Waals surface area contributed by atoms with E-state index in [0.29, 0.717) is 56.3 Å². The SMILES string of the molecule is Cn1nc(-c2ccc(OCc3ccccc3)nc2OCc2ccccc2)c2ccc(N3CCC(CCOCc4ccccc4)CC3)cc21.Cn1nc(C2CCC(=O)NC2=O)c2ccc(N3CCC(CCO)CC3)cc21. The lowest BCUT2D eigenvalue weighted by Crippen LogP contribution is -2.39. The number of aromatic nitrogens is 5. The average Bonchev–Trinajstić information content (AvgIpc) is 3.96. The second-order valence-electron chi connectivity index (χ2n) is 20.1. The van der Waals surface area contributed by atoms with Crippen LogP contribution in [0.1, 0.15) is 79.7 Å². The van der Waals surface area contributed by atoms with Crippen LogP contribution in [-0.2, 0) is 48.2 Å². The number of carbonyl (C=O) groups excluding carboxylic acids is 2. The molecule has 75 heavy (non-hydrogen) atoms. The lowest BCUT2D eigenvalue weighted by molar-refractivity contribution is -0.134. The number of piperidine rings is 3. The molecule has 3 aliphatic heterocycles. The molecule has 0 aliphatic carbocycles. The zero-order valence-corrected chi connectivity index (χ0v) is 43.2. The molecule has 0 bridgehead atoms. The maximum atomic E-state index is 12.2. The van der Waals surface area contributed by atoms with Crippen molar-refractivity contribution in [1.82, 2.24) is 29.9 Å². The number of anilines is 2. The molecule has 2 N–H and O–H groups in total. The Morgan fingerprint density at radius 1 is 0.600 bits per heavy atom. The van der Waals surface area contributed by atoms with Crippen molar-refractivity contribution in [1.29, 1.82) is 0 Å². The Labute approximate surface area is 439 Å². The third-order valence-electron chi connectivity index (χ3n) is 15.1. The molecule has 1 unspecified atom stereocenters. The van der Waals surface area contributed by atoms with E-state index in [9.17, 15) is 9.59 Å². The van der Waals surface area contributed by atoms with Crippen molar-refractivity contribution in [2.75, 3.05) is 49.2 Å². The molecule has 14 heteroatoms. The molecule has 3 saturated heterocycles. The Morgan fingerprint density at radius 3 is 1.75 bits per heavy atom. The normalized spacial score (nSPS) is 16.5. The number of amides is 2. The molecule has 14 nitrogen and oxygen atoms in total. The molecule has 2 amide bonds. The van der Waals surface area contributed by atoms with Gasteiger partial charge in [-0.3, -0.25) is 24.3 Å². The molecule has 3 aliphatic rings. The van der Waals surface area contributed by atoms with Gasteiger partial charge < -0.3 is 29.1 Å². The number of ether oxygens (including phenoxy) is 3. The first-order chi connectivity index (χ1) is 36.8. The van der Waals surface area contributed by atoms with Crippen LogP contribution in [-0.4, -0.2) is 80.9 Å². The van der Waals surface area contributed by atoms with Crippen LogP contribution in [0.25, 0.3) is 33.1 Å². The second-order valence-corrected chi connectivity index (χ2v) is 20.1. The maximum absolute atomic E-state index is 12.2. The lowest BCUT2D eigenvalue weighted by atomic mass is 9.92. The lowest BCUT2D eigenvalue weighted by Gasteiger charge is -2.33. The number of aliphatic hydroxyl groups is 1. The van der Waals surface area contributed by atoms with E-state index in [4.69, 9.17) is 29.4 Å². The summed E-state index contributed by atoms with van der Waals surface area (Å²) < 4.78 is 22.2. The predicted octanol–water partition coefficient (Wildman–Crippen LogP) is 10.3. The first-order valence-corrected chi connectivity index (χ1v) is 26.6. The van der Waals surface area contributed by atoms with E-state index in [1.807, 2.05) is 90.2 Å². The van der Waals surface area contributed by atoms with Gasteiger partial charge in [-0.2, -0.15) is 15.2 Å². The van der Waals surface area contributed by atoms with Crippen molar-refractivity contribution in [3.63, 3.8) is 0 Å². The third kappa shape index (κ3) is 12.5. The highest BCUT2D eigenvalue weighted by atomic mass is 16.5. The van der Waals surface area contributed by atoms with Crippen LogP contribution < -0.4 is 24.6 Å². The molecule has 6 heterocycles. The number of imide groups is 1. The van der Waals surface area contributed by atoms with Crippen molar-refractivity contribution in [3.8, 4) is 23.0 Å². The quantitative estimate of drug-likeness (QED) is 0.0663. The summed E-state index contributed by atoms with van der Waals surface area (Å²) in [5.74, 6) is 1.51. The highest BCUT2D eigenvalue weighted by Gasteiger charge is 2.32. The summed E-state index contributed by atoms with van der Waals surface area (Å²) >= 11 is 0. The Bertz CT molecular complexity index is 3160. The largest absolute Gasteiger partial charge is 0.473 e. The van der Waals surface area contributed by atoms with Crippen molar-refractivity contribution in [2.24, 2.45) is 25.9 Å². The smallest absolute Gasteiger partial charge is 0.235 e. The van der Waals surface area contributed by atoms with Crippen LogP contribution in [0.3, 0.4) is 0 Å². The minimum Gasteiger partial charge on any atom is -0.473 e. The molecule has 0 spiro atoms. The first kappa shape index (κ1) is 51.0. The highest BCUT2D eigenvalue weighted by Crippen LogP contribution is 2.38. The Balaban J connectivity index is 0.000000200. The van der Waals surface area contributed by atoms with Crippen LogP contribution in [0.4, 0.5) is 11.4 Å². The van der Waals surface area contributed by atoms with Crippen molar-refractivity contribution in [3.05, 3.63) is 162 Å². The van der Waals surface area contributed by atoms with Gasteiger partial charge in [0, 0.05) is 88.1 Å². The minimum atomic E-state index is -0.369. The summed E-state index contributed by atoms with van der Waals surface area (Å²) in [6.07, 6.45) is 7.43. The van der Waals surface area contributed by atoms with E-state index in [0.717, 1.165) is 108 Å². The van der Waals surface area contributed by atoms with Crippen LogP contribution in [0.15, 0.2) is 140 Å². The molecule has 0 radical (unpaired) electrons. The summed E-state index contributed by atoms with van der Waals surface area (Å²) in [5.41, 5.74) is 10.3. The fourth-order valence-corrected chi connectivity index (χ4v) is 10.7. The van der Waals surface area contributed by atoms with Gasteiger partial charge in [0.15, 0.2) is 0 Å². The van der Waals surface area contributed by atoms with Gasteiger partial charge in [0.1, 0.15) is 18.9 Å². The summed E-state index contributed by atoms with van der Waals surface area (Å²) in [6.45, 7) is 6.69. The Morgan fingerprint density at radius 2 is 1.15 bits per heavy atom. The van der Waals surface area contributed by atoms with E-state index < -0.39 is 0 Å². The average molecular weight is 1010 g/mol. The Hall–Kier alpha value is -7.55. The van der Waals surface area contributed by atoms with E-state index in [1.54, 1.807) is 0 Å². The number of rotatable bonds is 17. The molecule has 3 fully saturated rings. The van der Waals surface area contributed by atoms with E-state index >= 15 is 0 Å². The molecule has 5 aromatic carbocycles. The minimum absolute atomic E-state index is 0.205. The van der Waals surface area contributed by atoms with Crippen LogP contribution in [0, 0.1) is 11.8 Å². The van der Waals surface area contributed by atoms with Gasteiger partial charge >= 0.3 is 0 Å². The number of hydrogen-bond donors (Lipinski definition) is 2. The van der Waals surface area contributed by atoms with E-state index in [1.165, 1.54) is 29.8 Å². The molecule has 0 saturated carbocycles. The molecule has 388 valence electrons. The number of nitrogens with zero attached hydrogens (tertiary/aromatic N) is 7. The van der Waals surface area contributed by atoms with Gasteiger partial charge in [0.05, 0.1) is 34.8 Å². The Kier molecular flexibility index (Phi) is 16.4. The molecule has 8 aromatic rings. The monoisotopic (exact) mass is 1010 g/mol. The molecule has 1 atom stereocenters. The summed E-state index contributed by atoms with van der Waals surface area (Å²) in [4.78, 5) is 33.4. The number of benzene rings is 5. The van der Waals surface area contributed by atoms with Gasteiger partial charge in [0.2, 0.25) is 23.6 Å². The number of hydrogen-bond acceptors (Lipinski definition) is 11. The zero-order valence-electron chi connectivity index (χ0n) is 43.2. The van der Waals surface area contributed by atoms with Crippen LogP contribution in [0.2, 0.25) is 0 Å². The highest BCUT2D eigenvalue weighted by molar-refractivity contribution is 6.02. The molecule has 11 rings (SSSR count). The molecular weight excluding hydrogens is 941 g/mol. The van der Waals surface area contributed by atoms with Crippen molar-refractivity contribution >= 4 is 45.0 Å². The molecular formula is C61H68N8O6. The fourth-order valence-electron chi connectivity index (χ4n) is 10.7. The number of aryl methyl sites for hydroxylation is 2. The second kappa shape index (κ2) is 24.2. The van der Waals surface area contributed by atoms with Gasteiger partial charge in [-0.05, 0) is 116 Å². The number of nitrogens with one attached hydrogen (secondary N) is 1. The van der Waals surface area contributed by atoms with Gasteiger partial charge in [0.25, 0.3) is 0 Å². The maximum Gasteiger partial charge on any atom is 0.235 e. The van der Waals surface area contributed by atoms with Crippen LogP contribution >= 0.6 is 0 Å². The summed E-state index contributed by atoms with van der Waals surface area (Å²) in [7, 11) is 3.90. The predicted molar refractivity (Wildman–Crippen MR) is 294 cm³/mol. The topological polar surface area (TPSA) is 149 Å². The van der Waals surface area contributed by atoms with E-state index in [-0.39, 0.29) is 24.3 Å².